The average molecular weight is 344 g/mol. The number of amides is 1. The Morgan fingerprint density at radius 1 is 1.35 bits per heavy atom. The van der Waals surface area contributed by atoms with Gasteiger partial charge in [-0.2, -0.15) is 0 Å². The molecule has 110 valence electrons. The smallest absolute Gasteiger partial charge is 0.226 e. The molecular formula is C15H19BrFNO2. The molecular weight excluding hydrogens is 325 g/mol. The van der Waals surface area contributed by atoms with Crippen molar-refractivity contribution in [2.75, 3.05) is 0 Å². The maximum Gasteiger partial charge on any atom is 0.226 e. The molecule has 0 aromatic heterocycles. The molecule has 0 radical (unpaired) electrons. The van der Waals surface area contributed by atoms with Gasteiger partial charge in [0.15, 0.2) is 0 Å². The fourth-order valence-electron chi connectivity index (χ4n) is 2.70. The fourth-order valence-corrected chi connectivity index (χ4v) is 3.11. The molecule has 1 aliphatic heterocycles. The van der Waals surface area contributed by atoms with Gasteiger partial charge in [0.2, 0.25) is 5.91 Å². The van der Waals surface area contributed by atoms with Crippen LogP contribution >= 0.6 is 15.9 Å². The van der Waals surface area contributed by atoms with Crippen molar-refractivity contribution < 1.29 is 13.9 Å². The number of benzene rings is 1. The van der Waals surface area contributed by atoms with Crippen LogP contribution in [0.2, 0.25) is 0 Å². The summed E-state index contributed by atoms with van der Waals surface area (Å²) in [7, 11) is 0. The summed E-state index contributed by atoms with van der Waals surface area (Å²) < 4.78 is 20.1. The maximum atomic E-state index is 13.6. The molecule has 1 saturated heterocycles. The van der Waals surface area contributed by atoms with E-state index >= 15 is 0 Å². The first-order valence-electron chi connectivity index (χ1n) is 6.77. The van der Waals surface area contributed by atoms with E-state index in [1.165, 1.54) is 6.07 Å². The Hall–Kier alpha value is -0.940. The molecule has 1 amide bonds. The van der Waals surface area contributed by atoms with Crippen LogP contribution in [0.1, 0.15) is 26.3 Å². The van der Waals surface area contributed by atoms with E-state index in [4.69, 9.17) is 4.74 Å². The summed E-state index contributed by atoms with van der Waals surface area (Å²) in [6, 6.07) is 4.70. The summed E-state index contributed by atoms with van der Waals surface area (Å²) in [6.45, 7) is 6.08. The zero-order chi connectivity index (χ0) is 14.9. The van der Waals surface area contributed by atoms with E-state index in [1.54, 1.807) is 12.1 Å². The Bertz CT molecular complexity index is 509. The molecule has 4 unspecified atom stereocenters. The molecule has 1 aliphatic rings. The van der Waals surface area contributed by atoms with Gasteiger partial charge in [-0.15, -0.1) is 0 Å². The Morgan fingerprint density at radius 3 is 2.65 bits per heavy atom. The van der Waals surface area contributed by atoms with E-state index in [1.807, 2.05) is 20.8 Å². The minimum atomic E-state index is -0.314. The van der Waals surface area contributed by atoms with Gasteiger partial charge >= 0.3 is 0 Å². The van der Waals surface area contributed by atoms with Crippen LogP contribution in [0.25, 0.3) is 0 Å². The van der Waals surface area contributed by atoms with Crippen LogP contribution in [0.15, 0.2) is 22.7 Å². The third-order valence-electron chi connectivity index (χ3n) is 4.01. The number of carbonyl (C=O) groups excluding carboxylic acids is 1. The van der Waals surface area contributed by atoms with Crippen LogP contribution in [0.5, 0.6) is 0 Å². The molecule has 20 heavy (non-hydrogen) atoms. The van der Waals surface area contributed by atoms with E-state index in [0.29, 0.717) is 5.56 Å². The Kier molecular flexibility index (Phi) is 4.81. The largest absolute Gasteiger partial charge is 0.374 e. The van der Waals surface area contributed by atoms with Gasteiger partial charge in [-0.3, -0.25) is 4.79 Å². The molecule has 1 heterocycles. The molecule has 0 aliphatic carbocycles. The second kappa shape index (κ2) is 6.22. The third-order valence-corrected chi connectivity index (χ3v) is 4.50. The number of hydrogen-bond donors (Lipinski definition) is 1. The molecule has 4 atom stereocenters. The van der Waals surface area contributed by atoms with Crippen molar-refractivity contribution in [3.05, 3.63) is 34.1 Å². The number of rotatable bonds is 3. The van der Waals surface area contributed by atoms with Crippen LogP contribution in [-0.4, -0.2) is 18.1 Å². The van der Waals surface area contributed by atoms with E-state index in [9.17, 15) is 9.18 Å². The highest BCUT2D eigenvalue weighted by atomic mass is 79.9. The van der Waals surface area contributed by atoms with Crippen molar-refractivity contribution in [2.24, 2.45) is 11.8 Å². The van der Waals surface area contributed by atoms with Gasteiger partial charge in [-0.25, -0.2) is 4.39 Å². The van der Waals surface area contributed by atoms with Crippen LogP contribution < -0.4 is 5.32 Å². The summed E-state index contributed by atoms with van der Waals surface area (Å²) in [4.78, 5) is 12.3. The van der Waals surface area contributed by atoms with Gasteiger partial charge in [-0.05, 0) is 38.0 Å². The van der Waals surface area contributed by atoms with Gasteiger partial charge in [0.1, 0.15) is 5.82 Å². The van der Waals surface area contributed by atoms with Crippen molar-refractivity contribution >= 4 is 21.8 Å². The highest BCUT2D eigenvalue weighted by molar-refractivity contribution is 9.10. The van der Waals surface area contributed by atoms with E-state index in [0.717, 1.165) is 4.47 Å². The summed E-state index contributed by atoms with van der Waals surface area (Å²) in [6.07, 6.45) is -0.0317. The molecule has 5 heteroatoms. The highest BCUT2D eigenvalue weighted by Gasteiger charge is 2.41. The van der Waals surface area contributed by atoms with Crippen LogP contribution in [0.3, 0.4) is 0 Å². The lowest BCUT2D eigenvalue weighted by atomic mass is 9.89. The van der Waals surface area contributed by atoms with E-state index < -0.39 is 0 Å². The van der Waals surface area contributed by atoms with Crippen molar-refractivity contribution in [3.63, 3.8) is 0 Å². The molecule has 1 fully saturated rings. The summed E-state index contributed by atoms with van der Waals surface area (Å²) in [5.41, 5.74) is 0.472. The zero-order valence-electron chi connectivity index (χ0n) is 11.8. The van der Waals surface area contributed by atoms with Gasteiger partial charge in [0.25, 0.3) is 0 Å². The number of nitrogens with one attached hydrogen (secondary N) is 1. The quantitative estimate of drug-likeness (QED) is 0.914. The van der Waals surface area contributed by atoms with Gasteiger partial charge in [0, 0.05) is 16.6 Å². The monoisotopic (exact) mass is 343 g/mol. The van der Waals surface area contributed by atoms with E-state index in [-0.39, 0.29) is 42.3 Å². The summed E-state index contributed by atoms with van der Waals surface area (Å²) in [5.74, 6) is -0.406. The first kappa shape index (κ1) is 15.4. The lowest BCUT2D eigenvalue weighted by molar-refractivity contribution is -0.127. The minimum absolute atomic E-state index is 0.0726. The average Bonchev–Trinajstić information content (AvgIpc) is 2.64. The maximum absolute atomic E-state index is 13.6. The molecule has 0 spiro atoms. The van der Waals surface area contributed by atoms with Crippen molar-refractivity contribution in [2.45, 2.75) is 39.5 Å². The predicted octanol–water partition coefficient (Wildman–Crippen LogP) is 3.26. The first-order chi connectivity index (χ1) is 9.40. The topological polar surface area (TPSA) is 38.3 Å². The normalized spacial score (nSPS) is 29.4. The Labute approximate surface area is 127 Å². The van der Waals surface area contributed by atoms with E-state index in [2.05, 4.69) is 21.2 Å². The molecule has 0 saturated carbocycles. The highest BCUT2D eigenvalue weighted by Crippen LogP contribution is 2.32. The van der Waals surface area contributed by atoms with Crippen molar-refractivity contribution in [1.82, 2.24) is 5.32 Å². The third kappa shape index (κ3) is 3.20. The zero-order valence-corrected chi connectivity index (χ0v) is 13.4. The van der Waals surface area contributed by atoms with Crippen LogP contribution in [0, 0.1) is 17.7 Å². The lowest BCUT2D eigenvalue weighted by Gasteiger charge is -2.18. The SMILES string of the molecule is CC1OC(C)C(C(=O)NCc2cc(Br)ccc2F)C1C. The molecule has 1 aromatic carbocycles. The van der Waals surface area contributed by atoms with Crippen molar-refractivity contribution in [1.29, 1.82) is 0 Å². The minimum Gasteiger partial charge on any atom is -0.374 e. The Morgan fingerprint density at radius 2 is 2.05 bits per heavy atom. The predicted molar refractivity (Wildman–Crippen MR) is 78.6 cm³/mol. The van der Waals surface area contributed by atoms with Crippen LogP contribution in [-0.2, 0) is 16.1 Å². The molecule has 2 rings (SSSR count). The van der Waals surface area contributed by atoms with Gasteiger partial charge in [0.05, 0.1) is 18.1 Å². The fraction of sp³-hybridized carbons (Fsp3) is 0.533. The number of halogens is 2. The number of carbonyl (C=O) groups is 1. The summed E-state index contributed by atoms with van der Waals surface area (Å²) in [5, 5.41) is 2.81. The van der Waals surface area contributed by atoms with Crippen LogP contribution in [0.4, 0.5) is 4.39 Å². The standard InChI is InChI=1S/C15H19BrFNO2/c1-8-9(2)20-10(3)14(8)15(19)18-7-11-6-12(16)4-5-13(11)17/h4-6,8-10,14H,7H2,1-3H3,(H,18,19). The van der Waals surface area contributed by atoms with Crippen molar-refractivity contribution in [3.8, 4) is 0 Å². The molecule has 1 aromatic rings. The summed E-state index contributed by atoms with van der Waals surface area (Å²) >= 11 is 3.30. The molecule has 0 bridgehead atoms. The van der Waals surface area contributed by atoms with Gasteiger partial charge < -0.3 is 10.1 Å². The number of ether oxygens (including phenoxy) is 1. The molecule has 1 N–H and O–H groups in total. The van der Waals surface area contributed by atoms with Gasteiger partial charge in [-0.1, -0.05) is 22.9 Å². The molecule has 3 nitrogen and oxygen atoms in total. The first-order valence-corrected chi connectivity index (χ1v) is 7.56. The Balaban J connectivity index is 2.00. The second-order valence-electron chi connectivity index (χ2n) is 5.38. The lowest BCUT2D eigenvalue weighted by Crippen LogP contribution is -2.37. The second-order valence-corrected chi connectivity index (χ2v) is 6.30. The number of hydrogen-bond acceptors (Lipinski definition) is 2.